The second kappa shape index (κ2) is 9.17. The molecule has 2 fully saturated rings. The van der Waals surface area contributed by atoms with Crippen molar-refractivity contribution < 1.29 is 35.8 Å². The summed E-state index contributed by atoms with van der Waals surface area (Å²) in [7, 11) is -2.38. The van der Waals surface area contributed by atoms with E-state index in [0.29, 0.717) is 25.5 Å². The number of hydrogen-bond acceptors (Lipinski definition) is 8. The Kier molecular flexibility index (Phi) is 6.70. The Morgan fingerprint density at radius 2 is 2.03 bits per heavy atom. The number of aryl methyl sites for hydroxylation is 1. The predicted octanol–water partition coefficient (Wildman–Crippen LogP) is 2.12. The summed E-state index contributed by atoms with van der Waals surface area (Å²) in [6.07, 6.45) is -2.87. The molecule has 1 aliphatic heterocycles. The molecule has 4 atom stereocenters. The fourth-order valence-corrected chi connectivity index (χ4v) is 5.66. The maximum Gasteiger partial charge on any atom is 0.423 e. The van der Waals surface area contributed by atoms with Crippen molar-refractivity contribution in [1.29, 1.82) is 0 Å². The standard InChI is InChI=1S/C20H26F4N6O4S/c1-19(31)6-3-4-15(19)34-17-12(20(22,23)24)8-25-18(28-17)27-14-5-7-30(9-13(14)21)35(32,33)16-10-29(2)11-26-16/h8,10-11,13-15,31H,3-7,9H2,1-2H3,(H,25,27,28). The smallest absolute Gasteiger partial charge is 0.423 e. The molecule has 2 aromatic rings. The van der Waals surface area contributed by atoms with Crippen LogP contribution in [0.25, 0.3) is 0 Å². The van der Waals surface area contributed by atoms with Crippen LogP contribution in [-0.2, 0) is 23.2 Å². The average Bonchev–Trinajstić information content (AvgIpc) is 3.34. The normalized spacial score (nSPS) is 28.3. The minimum atomic E-state index is -4.80. The number of alkyl halides is 4. The molecule has 15 heteroatoms. The largest absolute Gasteiger partial charge is 0.471 e. The van der Waals surface area contributed by atoms with Crippen LogP contribution >= 0.6 is 0 Å². The molecule has 35 heavy (non-hydrogen) atoms. The second-order valence-electron chi connectivity index (χ2n) is 9.06. The molecule has 2 N–H and O–H groups in total. The number of anilines is 1. The van der Waals surface area contributed by atoms with E-state index < -0.39 is 58.1 Å². The first kappa shape index (κ1) is 25.6. The molecular formula is C20H26F4N6O4S. The number of nitrogens with zero attached hydrogens (tertiary/aromatic N) is 5. The molecule has 0 bridgehead atoms. The zero-order valence-electron chi connectivity index (χ0n) is 19.0. The number of hydrogen-bond donors (Lipinski definition) is 2. The van der Waals surface area contributed by atoms with Crippen LogP contribution in [0.1, 0.15) is 38.2 Å². The van der Waals surface area contributed by atoms with E-state index >= 15 is 0 Å². The number of halogens is 4. The van der Waals surface area contributed by atoms with Crippen molar-refractivity contribution in [3.63, 3.8) is 0 Å². The number of sulfonamides is 1. The van der Waals surface area contributed by atoms with Gasteiger partial charge in [0, 0.05) is 32.5 Å². The Morgan fingerprint density at radius 1 is 1.29 bits per heavy atom. The zero-order chi connectivity index (χ0) is 25.6. The van der Waals surface area contributed by atoms with Crippen molar-refractivity contribution in [3.05, 3.63) is 24.3 Å². The highest BCUT2D eigenvalue weighted by Crippen LogP contribution is 2.39. The fourth-order valence-electron chi connectivity index (χ4n) is 4.24. The van der Waals surface area contributed by atoms with Crippen LogP contribution in [-0.4, -0.2) is 74.4 Å². The van der Waals surface area contributed by atoms with Gasteiger partial charge in [-0.3, -0.25) is 0 Å². The number of aliphatic hydroxyl groups is 1. The number of ether oxygens (including phenoxy) is 1. The molecule has 0 aromatic carbocycles. The zero-order valence-corrected chi connectivity index (χ0v) is 19.9. The number of imidazole rings is 1. The number of rotatable bonds is 6. The minimum absolute atomic E-state index is 0.0190. The summed E-state index contributed by atoms with van der Waals surface area (Å²) in [5, 5.41) is 12.8. The summed E-state index contributed by atoms with van der Waals surface area (Å²) in [4.78, 5) is 11.3. The van der Waals surface area contributed by atoms with Crippen molar-refractivity contribution in [2.75, 3.05) is 18.4 Å². The Morgan fingerprint density at radius 3 is 2.60 bits per heavy atom. The third-order valence-corrected chi connectivity index (χ3v) is 8.01. The van der Waals surface area contributed by atoms with E-state index in [9.17, 15) is 31.1 Å². The lowest BCUT2D eigenvalue weighted by atomic mass is 10.0. The molecule has 194 valence electrons. The van der Waals surface area contributed by atoms with Crippen LogP contribution in [0.2, 0.25) is 0 Å². The molecule has 1 saturated heterocycles. The molecule has 1 saturated carbocycles. The van der Waals surface area contributed by atoms with Gasteiger partial charge in [-0.15, -0.1) is 0 Å². The van der Waals surface area contributed by atoms with Crippen LogP contribution in [0, 0.1) is 0 Å². The van der Waals surface area contributed by atoms with Crippen molar-refractivity contribution in [3.8, 4) is 5.88 Å². The summed E-state index contributed by atoms with van der Waals surface area (Å²) in [6, 6.07) is -0.940. The average molecular weight is 523 g/mol. The van der Waals surface area contributed by atoms with E-state index in [1.807, 2.05) is 0 Å². The Bertz CT molecular complexity index is 1170. The molecule has 1 aliphatic carbocycles. The summed E-state index contributed by atoms with van der Waals surface area (Å²) < 4.78 is 88.7. The van der Waals surface area contributed by atoms with Gasteiger partial charge in [0.2, 0.25) is 11.8 Å². The van der Waals surface area contributed by atoms with Gasteiger partial charge in [-0.2, -0.15) is 22.5 Å². The second-order valence-corrected chi connectivity index (χ2v) is 10.9. The number of piperidine rings is 1. The van der Waals surface area contributed by atoms with Crippen molar-refractivity contribution >= 4 is 16.0 Å². The van der Waals surface area contributed by atoms with Crippen molar-refractivity contribution in [2.24, 2.45) is 7.05 Å². The van der Waals surface area contributed by atoms with Crippen LogP contribution in [0.5, 0.6) is 5.88 Å². The molecular weight excluding hydrogens is 496 g/mol. The number of aromatic nitrogens is 4. The topological polar surface area (TPSA) is 122 Å². The Balaban J connectivity index is 1.49. The Hall–Kier alpha value is -2.52. The lowest BCUT2D eigenvalue weighted by Gasteiger charge is -2.34. The molecule has 0 radical (unpaired) electrons. The molecule has 0 spiro atoms. The van der Waals surface area contributed by atoms with E-state index in [1.54, 1.807) is 7.05 Å². The van der Waals surface area contributed by atoms with E-state index in [1.165, 1.54) is 24.0 Å². The van der Waals surface area contributed by atoms with Gasteiger partial charge in [-0.1, -0.05) is 0 Å². The van der Waals surface area contributed by atoms with Crippen LogP contribution < -0.4 is 10.1 Å². The molecule has 2 aromatic heterocycles. The molecule has 4 rings (SSSR count). The van der Waals surface area contributed by atoms with E-state index in [-0.39, 0.29) is 23.9 Å². The highest BCUT2D eigenvalue weighted by atomic mass is 32.2. The molecule has 4 unspecified atom stereocenters. The monoisotopic (exact) mass is 522 g/mol. The quantitative estimate of drug-likeness (QED) is 0.554. The highest BCUT2D eigenvalue weighted by molar-refractivity contribution is 7.89. The van der Waals surface area contributed by atoms with Gasteiger partial charge in [0.05, 0.1) is 18.0 Å². The summed E-state index contributed by atoms with van der Waals surface area (Å²) in [5.41, 5.74) is -2.52. The summed E-state index contributed by atoms with van der Waals surface area (Å²) in [5.74, 6) is -1.05. The molecule has 0 amide bonds. The first-order valence-corrected chi connectivity index (χ1v) is 12.4. The van der Waals surface area contributed by atoms with Crippen molar-refractivity contribution in [1.82, 2.24) is 23.8 Å². The first-order valence-electron chi connectivity index (χ1n) is 11.0. The van der Waals surface area contributed by atoms with Gasteiger partial charge in [-0.05, 0) is 32.6 Å². The summed E-state index contributed by atoms with van der Waals surface area (Å²) in [6.45, 7) is 0.982. The van der Waals surface area contributed by atoms with Crippen LogP contribution in [0.3, 0.4) is 0 Å². The third kappa shape index (κ3) is 5.35. The van der Waals surface area contributed by atoms with Gasteiger partial charge in [-0.25, -0.2) is 22.8 Å². The lowest BCUT2D eigenvalue weighted by Crippen LogP contribution is -2.50. The third-order valence-electron chi connectivity index (χ3n) is 6.26. The molecule has 2 aliphatic rings. The van der Waals surface area contributed by atoms with Crippen LogP contribution in [0.15, 0.2) is 23.7 Å². The van der Waals surface area contributed by atoms with E-state index in [2.05, 4.69) is 20.3 Å². The van der Waals surface area contributed by atoms with E-state index in [4.69, 9.17) is 4.74 Å². The van der Waals surface area contributed by atoms with Crippen molar-refractivity contribution in [2.45, 2.75) is 67.7 Å². The number of nitrogens with one attached hydrogen (secondary N) is 1. The van der Waals surface area contributed by atoms with Gasteiger partial charge in [0.1, 0.15) is 17.8 Å². The van der Waals surface area contributed by atoms with Crippen LogP contribution in [0.4, 0.5) is 23.5 Å². The van der Waals surface area contributed by atoms with Gasteiger partial charge >= 0.3 is 6.18 Å². The SMILES string of the molecule is Cn1cnc(S(=O)(=O)N2CCC(Nc3ncc(C(F)(F)F)c(OC4CCCC4(C)O)n3)C(F)C2)c1. The minimum Gasteiger partial charge on any atom is -0.471 e. The van der Waals surface area contributed by atoms with Gasteiger partial charge in [0.25, 0.3) is 10.0 Å². The molecule has 10 nitrogen and oxygen atoms in total. The van der Waals surface area contributed by atoms with Gasteiger partial charge in [0.15, 0.2) is 5.03 Å². The van der Waals surface area contributed by atoms with Gasteiger partial charge < -0.3 is 19.7 Å². The predicted molar refractivity (Wildman–Crippen MR) is 115 cm³/mol. The highest BCUT2D eigenvalue weighted by Gasteiger charge is 2.43. The lowest BCUT2D eigenvalue weighted by molar-refractivity contribution is -0.141. The maximum absolute atomic E-state index is 14.9. The Labute approximate surface area is 199 Å². The maximum atomic E-state index is 14.9. The molecule has 3 heterocycles. The summed E-state index contributed by atoms with van der Waals surface area (Å²) >= 11 is 0. The first-order chi connectivity index (χ1) is 16.3. The fraction of sp³-hybridized carbons (Fsp3) is 0.650. The van der Waals surface area contributed by atoms with E-state index in [0.717, 1.165) is 4.31 Å².